The van der Waals surface area contributed by atoms with Crippen LogP contribution in [-0.2, 0) is 0 Å². The molecule has 6 heteroatoms. The van der Waals surface area contributed by atoms with Gasteiger partial charge in [-0.2, -0.15) is 0 Å². The van der Waals surface area contributed by atoms with Gasteiger partial charge in [0.1, 0.15) is 11.7 Å². The molecular weight excluding hydrogens is 312 g/mol. The van der Waals surface area contributed by atoms with Gasteiger partial charge in [-0.05, 0) is 31.0 Å². The molecule has 5 nitrogen and oxygen atoms in total. The molecule has 1 saturated heterocycles. The van der Waals surface area contributed by atoms with Gasteiger partial charge in [0, 0.05) is 30.0 Å². The maximum absolute atomic E-state index is 6.16. The number of aromatic nitrogens is 3. The minimum atomic E-state index is 0.609. The van der Waals surface area contributed by atoms with Crippen LogP contribution in [0.1, 0.15) is 12.8 Å². The second-order valence-corrected chi connectivity index (χ2v) is 6.08. The topological polar surface area (TPSA) is 43.2 Å². The molecule has 0 spiro atoms. The van der Waals surface area contributed by atoms with Gasteiger partial charge in [-0.15, -0.1) is 0 Å². The number of nitrogens with zero attached hydrogens (tertiary/aromatic N) is 4. The third kappa shape index (κ3) is 2.41. The molecule has 0 saturated carbocycles. The summed E-state index contributed by atoms with van der Waals surface area (Å²) in [6, 6.07) is 7.77. The highest BCUT2D eigenvalue weighted by molar-refractivity contribution is 6.30. The van der Waals surface area contributed by atoms with E-state index in [4.69, 9.17) is 16.3 Å². The molecule has 0 atom stereocenters. The van der Waals surface area contributed by atoms with Crippen molar-refractivity contribution < 1.29 is 4.74 Å². The molecule has 3 aromatic rings. The maximum atomic E-state index is 6.16. The van der Waals surface area contributed by atoms with Gasteiger partial charge < -0.3 is 9.64 Å². The molecular formula is C17H17ClN4O. The van der Waals surface area contributed by atoms with E-state index in [-0.39, 0.29) is 0 Å². The van der Waals surface area contributed by atoms with Crippen LogP contribution in [0.25, 0.3) is 16.7 Å². The summed E-state index contributed by atoms with van der Waals surface area (Å²) >= 11 is 6.16. The molecule has 0 N–H and O–H groups in total. The average Bonchev–Trinajstić information content (AvgIpc) is 3.21. The largest absolute Gasteiger partial charge is 0.480 e. The molecule has 0 radical (unpaired) electrons. The summed E-state index contributed by atoms with van der Waals surface area (Å²) in [6.45, 7) is 2.10. The van der Waals surface area contributed by atoms with Crippen LogP contribution >= 0.6 is 11.6 Å². The van der Waals surface area contributed by atoms with E-state index in [9.17, 15) is 0 Å². The molecule has 1 aliphatic rings. The van der Waals surface area contributed by atoms with Gasteiger partial charge in [-0.25, -0.2) is 9.97 Å². The SMILES string of the molecule is COc1ncnc2c1c(N1CCCC1)cn2-c1cccc(Cl)c1. The third-order valence-electron chi connectivity index (χ3n) is 4.25. The third-order valence-corrected chi connectivity index (χ3v) is 4.49. The lowest BCUT2D eigenvalue weighted by molar-refractivity contribution is 0.402. The van der Waals surface area contributed by atoms with Crippen molar-refractivity contribution in [3.63, 3.8) is 0 Å². The Morgan fingerprint density at radius 2 is 2.00 bits per heavy atom. The van der Waals surface area contributed by atoms with Crippen LogP contribution in [0.15, 0.2) is 36.8 Å². The molecule has 0 amide bonds. The van der Waals surface area contributed by atoms with Gasteiger partial charge in [0.2, 0.25) is 5.88 Å². The van der Waals surface area contributed by atoms with Crippen molar-refractivity contribution in [3.8, 4) is 11.6 Å². The Morgan fingerprint density at radius 1 is 1.17 bits per heavy atom. The lowest BCUT2D eigenvalue weighted by Crippen LogP contribution is -2.17. The lowest BCUT2D eigenvalue weighted by atomic mass is 10.3. The summed E-state index contributed by atoms with van der Waals surface area (Å²) in [5, 5.41) is 1.66. The predicted octanol–water partition coefficient (Wildman–Crippen LogP) is 3.68. The Balaban J connectivity index is 1.98. The fourth-order valence-corrected chi connectivity index (χ4v) is 3.38. The molecule has 1 aromatic carbocycles. The molecule has 0 bridgehead atoms. The fourth-order valence-electron chi connectivity index (χ4n) is 3.19. The summed E-state index contributed by atoms with van der Waals surface area (Å²) in [7, 11) is 1.65. The summed E-state index contributed by atoms with van der Waals surface area (Å²) in [5.41, 5.74) is 2.93. The average molecular weight is 329 g/mol. The Morgan fingerprint density at radius 3 is 2.74 bits per heavy atom. The zero-order chi connectivity index (χ0) is 15.8. The number of fused-ring (bicyclic) bond motifs is 1. The second kappa shape index (κ2) is 5.74. The van der Waals surface area contributed by atoms with Gasteiger partial charge >= 0.3 is 0 Å². The first kappa shape index (κ1) is 14.3. The predicted molar refractivity (Wildman–Crippen MR) is 91.9 cm³/mol. The molecule has 4 rings (SSSR count). The molecule has 3 heterocycles. The Hall–Kier alpha value is -2.27. The lowest BCUT2D eigenvalue weighted by Gasteiger charge is -2.16. The van der Waals surface area contributed by atoms with Crippen molar-refractivity contribution in [1.82, 2.24) is 14.5 Å². The Bertz CT molecular complexity index is 855. The zero-order valence-corrected chi connectivity index (χ0v) is 13.6. The number of anilines is 1. The number of halogens is 1. The van der Waals surface area contributed by atoms with E-state index in [1.54, 1.807) is 7.11 Å². The first-order valence-corrected chi connectivity index (χ1v) is 8.06. The number of methoxy groups -OCH3 is 1. The van der Waals surface area contributed by atoms with E-state index in [2.05, 4.69) is 25.6 Å². The number of hydrogen-bond acceptors (Lipinski definition) is 4. The van der Waals surface area contributed by atoms with Crippen molar-refractivity contribution in [2.24, 2.45) is 0 Å². The summed E-state index contributed by atoms with van der Waals surface area (Å²) in [6.07, 6.45) is 6.06. The molecule has 0 aliphatic carbocycles. The zero-order valence-electron chi connectivity index (χ0n) is 12.9. The highest BCUT2D eigenvalue weighted by atomic mass is 35.5. The van der Waals surface area contributed by atoms with Crippen LogP contribution < -0.4 is 9.64 Å². The molecule has 118 valence electrons. The highest BCUT2D eigenvalue weighted by Crippen LogP contribution is 2.37. The molecule has 1 aliphatic heterocycles. The van der Waals surface area contributed by atoms with Gasteiger partial charge in [-0.3, -0.25) is 4.57 Å². The standard InChI is InChI=1S/C17H17ClN4O/c1-23-17-15-14(21-7-2-3-8-21)10-22(16(15)19-11-20-17)13-6-4-5-12(18)9-13/h4-6,9-11H,2-3,7-8H2,1H3. The van der Waals surface area contributed by atoms with E-state index in [0.717, 1.165) is 35.5 Å². The normalized spacial score (nSPS) is 14.6. The van der Waals surface area contributed by atoms with E-state index < -0.39 is 0 Å². The minimum Gasteiger partial charge on any atom is -0.480 e. The van der Waals surface area contributed by atoms with E-state index in [1.807, 2.05) is 24.3 Å². The van der Waals surface area contributed by atoms with Crippen LogP contribution in [0.2, 0.25) is 5.02 Å². The van der Waals surface area contributed by atoms with E-state index in [0.29, 0.717) is 10.9 Å². The van der Waals surface area contributed by atoms with Crippen LogP contribution in [0.5, 0.6) is 5.88 Å². The van der Waals surface area contributed by atoms with Crippen LogP contribution in [0, 0.1) is 0 Å². The van der Waals surface area contributed by atoms with Crippen LogP contribution in [0.4, 0.5) is 5.69 Å². The highest BCUT2D eigenvalue weighted by Gasteiger charge is 2.22. The second-order valence-electron chi connectivity index (χ2n) is 5.64. The van der Waals surface area contributed by atoms with Crippen molar-refractivity contribution >= 4 is 28.3 Å². The van der Waals surface area contributed by atoms with Gasteiger partial charge in [0.05, 0.1) is 12.8 Å². The number of ether oxygens (including phenoxy) is 1. The minimum absolute atomic E-state index is 0.609. The number of hydrogen-bond donors (Lipinski definition) is 0. The molecule has 2 aromatic heterocycles. The first-order valence-electron chi connectivity index (χ1n) is 7.69. The Labute approximate surface area is 139 Å². The summed E-state index contributed by atoms with van der Waals surface area (Å²) < 4.78 is 7.54. The molecule has 1 fully saturated rings. The summed E-state index contributed by atoms with van der Waals surface area (Å²) in [5.74, 6) is 0.609. The van der Waals surface area contributed by atoms with Crippen molar-refractivity contribution in [1.29, 1.82) is 0 Å². The monoisotopic (exact) mass is 328 g/mol. The van der Waals surface area contributed by atoms with Crippen LogP contribution in [-0.4, -0.2) is 34.7 Å². The fraction of sp³-hybridized carbons (Fsp3) is 0.294. The van der Waals surface area contributed by atoms with Crippen molar-refractivity contribution in [3.05, 3.63) is 41.8 Å². The van der Waals surface area contributed by atoms with E-state index in [1.165, 1.54) is 19.2 Å². The smallest absolute Gasteiger partial charge is 0.227 e. The maximum Gasteiger partial charge on any atom is 0.227 e. The van der Waals surface area contributed by atoms with Gasteiger partial charge in [0.25, 0.3) is 0 Å². The summed E-state index contributed by atoms with van der Waals surface area (Å²) in [4.78, 5) is 11.1. The van der Waals surface area contributed by atoms with Crippen molar-refractivity contribution in [2.75, 3.05) is 25.1 Å². The van der Waals surface area contributed by atoms with Gasteiger partial charge in [0.15, 0.2) is 5.65 Å². The van der Waals surface area contributed by atoms with Crippen LogP contribution in [0.3, 0.4) is 0 Å². The van der Waals surface area contributed by atoms with Gasteiger partial charge in [-0.1, -0.05) is 17.7 Å². The quantitative estimate of drug-likeness (QED) is 0.735. The van der Waals surface area contributed by atoms with E-state index >= 15 is 0 Å². The van der Waals surface area contributed by atoms with Crippen molar-refractivity contribution in [2.45, 2.75) is 12.8 Å². The Kier molecular flexibility index (Phi) is 3.58. The number of benzene rings is 1. The molecule has 23 heavy (non-hydrogen) atoms. The molecule has 0 unspecified atom stereocenters. The first-order chi connectivity index (χ1) is 11.3. The number of rotatable bonds is 3.